The Balaban J connectivity index is 1.60. The van der Waals surface area contributed by atoms with E-state index in [-0.39, 0.29) is 18.1 Å². The monoisotopic (exact) mass is 421 g/mol. The second-order valence-electron chi connectivity index (χ2n) is 7.68. The number of fused-ring (bicyclic) bond motifs is 1. The molecule has 152 valence electrons. The van der Waals surface area contributed by atoms with Gasteiger partial charge in [0, 0.05) is 10.6 Å². The predicted octanol–water partition coefficient (Wildman–Crippen LogP) is 6.13. The van der Waals surface area contributed by atoms with Crippen LogP contribution in [0.1, 0.15) is 41.0 Å². The molecule has 30 heavy (non-hydrogen) atoms. The largest absolute Gasteiger partial charge is 0.487 e. The van der Waals surface area contributed by atoms with Crippen molar-refractivity contribution in [1.82, 2.24) is 0 Å². The SMILES string of the molecule is CC1(C)CC(=O)c2cc(C(=O)Nc3cc(Cl)ccc3Oc3ccccc3)ccc2O1. The van der Waals surface area contributed by atoms with Crippen LogP contribution in [-0.2, 0) is 0 Å². The summed E-state index contributed by atoms with van der Waals surface area (Å²) in [6.45, 7) is 3.73. The van der Waals surface area contributed by atoms with Gasteiger partial charge in [-0.25, -0.2) is 0 Å². The third-order valence-electron chi connectivity index (χ3n) is 4.68. The number of para-hydroxylation sites is 1. The molecule has 0 saturated carbocycles. The Morgan fingerprint density at radius 2 is 1.83 bits per heavy atom. The highest BCUT2D eigenvalue weighted by Gasteiger charge is 2.32. The van der Waals surface area contributed by atoms with Gasteiger partial charge >= 0.3 is 0 Å². The zero-order valence-electron chi connectivity index (χ0n) is 16.6. The quantitative estimate of drug-likeness (QED) is 0.550. The maximum Gasteiger partial charge on any atom is 0.255 e. The minimum Gasteiger partial charge on any atom is -0.487 e. The second kappa shape index (κ2) is 7.84. The number of benzene rings is 3. The van der Waals surface area contributed by atoms with Crippen molar-refractivity contribution >= 4 is 29.0 Å². The van der Waals surface area contributed by atoms with E-state index >= 15 is 0 Å². The van der Waals surface area contributed by atoms with Crippen LogP contribution < -0.4 is 14.8 Å². The molecule has 3 aromatic carbocycles. The molecule has 1 aliphatic rings. The van der Waals surface area contributed by atoms with Gasteiger partial charge in [-0.1, -0.05) is 29.8 Å². The molecule has 0 aromatic heterocycles. The van der Waals surface area contributed by atoms with Crippen LogP contribution in [0.15, 0.2) is 66.7 Å². The second-order valence-corrected chi connectivity index (χ2v) is 8.12. The zero-order valence-corrected chi connectivity index (χ0v) is 17.3. The van der Waals surface area contributed by atoms with Crippen LogP contribution in [0.2, 0.25) is 5.02 Å². The summed E-state index contributed by atoms with van der Waals surface area (Å²) < 4.78 is 11.7. The Hall–Kier alpha value is -3.31. The molecule has 3 aromatic rings. The first-order valence-electron chi connectivity index (χ1n) is 9.51. The highest BCUT2D eigenvalue weighted by molar-refractivity contribution is 6.31. The third-order valence-corrected chi connectivity index (χ3v) is 4.91. The highest BCUT2D eigenvalue weighted by atomic mass is 35.5. The molecule has 1 heterocycles. The number of ether oxygens (including phenoxy) is 2. The normalized spacial score (nSPS) is 14.4. The number of halogens is 1. The van der Waals surface area contributed by atoms with E-state index in [1.807, 2.05) is 44.2 Å². The fourth-order valence-electron chi connectivity index (χ4n) is 3.29. The van der Waals surface area contributed by atoms with Gasteiger partial charge in [0.2, 0.25) is 0 Å². The molecule has 5 nitrogen and oxygen atoms in total. The maximum atomic E-state index is 12.9. The zero-order chi connectivity index (χ0) is 21.3. The maximum absolute atomic E-state index is 12.9. The Labute approximate surface area is 179 Å². The third kappa shape index (κ3) is 4.31. The molecule has 1 N–H and O–H groups in total. The average molecular weight is 422 g/mol. The topological polar surface area (TPSA) is 64.6 Å². The molecule has 4 rings (SSSR count). The standard InChI is InChI=1S/C24H20ClNO4/c1-24(2)14-20(27)18-12-15(8-10-21(18)30-24)23(28)26-19-13-16(25)9-11-22(19)29-17-6-4-3-5-7-17/h3-13H,14H2,1-2H3,(H,26,28). The summed E-state index contributed by atoms with van der Waals surface area (Å²) in [6.07, 6.45) is 0.258. The Kier molecular flexibility index (Phi) is 5.22. The van der Waals surface area contributed by atoms with E-state index in [1.165, 1.54) is 0 Å². The Morgan fingerprint density at radius 3 is 2.60 bits per heavy atom. The first kappa shape index (κ1) is 20.0. The molecule has 0 fully saturated rings. The van der Waals surface area contributed by atoms with Gasteiger partial charge in [0.25, 0.3) is 5.91 Å². The number of nitrogens with one attached hydrogen (secondary N) is 1. The van der Waals surface area contributed by atoms with E-state index in [2.05, 4.69) is 5.32 Å². The lowest BCUT2D eigenvalue weighted by Gasteiger charge is -2.31. The number of carbonyl (C=O) groups excluding carboxylic acids is 2. The Morgan fingerprint density at radius 1 is 1.07 bits per heavy atom. The van der Waals surface area contributed by atoms with E-state index in [0.717, 1.165) is 0 Å². The first-order valence-corrected chi connectivity index (χ1v) is 9.89. The van der Waals surface area contributed by atoms with Crippen molar-refractivity contribution < 1.29 is 19.1 Å². The van der Waals surface area contributed by atoms with Gasteiger partial charge in [-0.2, -0.15) is 0 Å². The van der Waals surface area contributed by atoms with Gasteiger partial charge in [-0.15, -0.1) is 0 Å². The van der Waals surface area contributed by atoms with Crippen LogP contribution >= 0.6 is 11.6 Å². The fourth-order valence-corrected chi connectivity index (χ4v) is 3.46. The predicted molar refractivity (Wildman–Crippen MR) is 116 cm³/mol. The van der Waals surface area contributed by atoms with Gasteiger partial charge in [0.05, 0.1) is 17.7 Å². The summed E-state index contributed by atoms with van der Waals surface area (Å²) in [6, 6.07) is 19.1. The van der Waals surface area contributed by atoms with E-state index in [9.17, 15) is 9.59 Å². The number of hydrogen-bond acceptors (Lipinski definition) is 4. The molecule has 0 saturated heterocycles. The smallest absolute Gasteiger partial charge is 0.255 e. The minimum absolute atomic E-state index is 0.0493. The lowest BCUT2D eigenvalue weighted by Crippen LogP contribution is -2.36. The van der Waals surface area contributed by atoms with Crippen LogP contribution in [0.5, 0.6) is 17.2 Å². The van der Waals surface area contributed by atoms with Crippen LogP contribution in [0.25, 0.3) is 0 Å². The average Bonchev–Trinajstić information content (AvgIpc) is 2.70. The molecule has 1 aliphatic heterocycles. The van der Waals surface area contributed by atoms with Crippen LogP contribution in [-0.4, -0.2) is 17.3 Å². The number of Topliss-reactive ketones (excluding diaryl/α,β-unsaturated/α-hetero) is 1. The van der Waals surface area contributed by atoms with Crippen molar-refractivity contribution in [3.8, 4) is 17.2 Å². The van der Waals surface area contributed by atoms with Gasteiger partial charge in [0.15, 0.2) is 11.5 Å². The first-order chi connectivity index (χ1) is 14.3. The number of hydrogen-bond donors (Lipinski definition) is 1. The highest BCUT2D eigenvalue weighted by Crippen LogP contribution is 2.35. The molecule has 0 aliphatic carbocycles. The summed E-state index contributed by atoms with van der Waals surface area (Å²) in [7, 11) is 0. The number of amides is 1. The molecular weight excluding hydrogens is 402 g/mol. The van der Waals surface area contributed by atoms with Gasteiger partial charge in [-0.3, -0.25) is 9.59 Å². The number of carbonyl (C=O) groups is 2. The van der Waals surface area contributed by atoms with Crippen LogP contribution in [0, 0.1) is 0 Å². The van der Waals surface area contributed by atoms with Crippen molar-refractivity contribution in [2.75, 3.05) is 5.32 Å². The van der Waals surface area contributed by atoms with Crippen molar-refractivity contribution in [2.24, 2.45) is 0 Å². The lowest BCUT2D eigenvalue weighted by molar-refractivity contribution is 0.0620. The van der Waals surface area contributed by atoms with Gasteiger partial charge in [0.1, 0.15) is 17.1 Å². The van der Waals surface area contributed by atoms with E-state index in [0.29, 0.717) is 39.1 Å². The van der Waals surface area contributed by atoms with Crippen molar-refractivity contribution in [3.05, 3.63) is 82.9 Å². The minimum atomic E-state index is -0.557. The summed E-state index contributed by atoms with van der Waals surface area (Å²) in [4.78, 5) is 25.4. The molecule has 0 bridgehead atoms. The Bertz CT molecular complexity index is 1130. The summed E-state index contributed by atoms with van der Waals surface area (Å²) in [5, 5.41) is 3.29. The van der Waals surface area contributed by atoms with Crippen molar-refractivity contribution in [2.45, 2.75) is 25.9 Å². The molecular formula is C24H20ClNO4. The van der Waals surface area contributed by atoms with E-state index in [1.54, 1.807) is 36.4 Å². The summed E-state index contributed by atoms with van der Waals surface area (Å²) in [5.74, 6) is 1.15. The molecule has 0 radical (unpaired) electrons. The van der Waals surface area contributed by atoms with Crippen LogP contribution in [0.4, 0.5) is 5.69 Å². The lowest BCUT2D eigenvalue weighted by atomic mass is 9.92. The van der Waals surface area contributed by atoms with Gasteiger partial charge in [-0.05, 0) is 62.4 Å². The summed E-state index contributed by atoms with van der Waals surface area (Å²) in [5.41, 5.74) is 0.626. The number of anilines is 1. The molecule has 1 amide bonds. The molecule has 6 heteroatoms. The van der Waals surface area contributed by atoms with Gasteiger partial charge < -0.3 is 14.8 Å². The number of rotatable bonds is 4. The number of ketones is 1. The van der Waals surface area contributed by atoms with Crippen LogP contribution in [0.3, 0.4) is 0 Å². The fraction of sp³-hybridized carbons (Fsp3) is 0.167. The molecule has 0 unspecified atom stereocenters. The summed E-state index contributed by atoms with van der Waals surface area (Å²) >= 11 is 6.12. The van der Waals surface area contributed by atoms with Crippen molar-refractivity contribution in [3.63, 3.8) is 0 Å². The molecule has 0 spiro atoms. The van der Waals surface area contributed by atoms with Crippen molar-refractivity contribution in [1.29, 1.82) is 0 Å². The molecule has 0 atom stereocenters. The van der Waals surface area contributed by atoms with E-state index in [4.69, 9.17) is 21.1 Å². The van der Waals surface area contributed by atoms with E-state index < -0.39 is 5.60 Å².